The molecule has 1 aliphatic heterocycles. The van der Waals surface area contributed by atoms with Gasteiger partial charge in [0.15, 0.2) is 6.29 Å². The van der Waals surface area contributed by atoms with Crippen molar-refractivity contribution in [2.24, 2.45) is 11.8 Å². The molecule has 0 amide bonds. The predicted molar refractivity (Wildman–Crippen MR) is 79.1 cm³/mol. The second-order valence-electron chi connectivity index (χ2n) is 5.83. The molecule has 1 aliphatic carbocycles. The van der Waals surface area contributed by atoms with Crippen LogP contribution in [0.4, 0.5) is 5.69 Å². The van der Waals surface area contributed by atoms with Crippen molar-refractivity contribution in [3.8, 4) is 0 Å². The lowest BCUT2D eigenvalue weighted by Gasteiger charge is -2.42. The van der Waals surface area contributed by atoms with Gasteiger partial charge in [0, 0.05) is 18.8 Å². The van der Waals surface area contributed by atoms with Crippen LogP contribution in [0.1, 0.15) is 42.5 Å². The molecule has 2 unspecified atom stereocenters. The van der Waals surface area contributed by atoms with Gasteiger partial charge in [0.05, 0.1) is 10.6 Å². The van der Waals surface area contributed by atoms with Gasteiger partial charge in [-0.1, -0.05) is 36.9 Å². The summed E-state index contributed by atoms with van der Waals surface area (Å²) in [5, 5.41) is 0.568. The maximum atomic E-state index is 11.3. The van der Waals surface area contributed by atoms with Crippen LogP contribution >= 0.6 is 11.6 Å². The number of anilines is 1. The van der Waals surface area contributed by atoms with Crippen LogP contribution in [0.2, 0.25) is 5.02 Å². The van der Waals surface area contributed by atoms with E-state index in [0.29, 0.717) is 10.6 Å². The van der Waals surface area contributed by atoms with Crippen molar-refractivity contribution in [2.45, 2.75) is 32.1 Å². The Hall–Kier alpha value is -1.02. The number of halogens is 1. The van der Waals surface area contributed by atoms with E-state index in [2.05, 4.69) is 4.90 Å². The van der Waals surface area contributed by atoms with Gasteiger partial charge in [-0.05, 0) is 36.8 Å². The predicted octanol–water partition coefficient (Wildman–Crippen LogP) is 4.17. The van der Waals surface area contributed by atoms with Crippen molar-refractivity contribution >= 4 is 23.6 Å². The Labute approximate surface area is 119 Å². The summed E-state index contributed by atoms with van der Waals surface area (Å²) in [6.45, 7) is 2.15. The van der Waals surface area contributed by atoms with E-state index in [1.807, 2.05) is 12.1 Å². The number of hydrogen-bond donors (Lipinski definition) is 0. The zero-order valence-electron chi connectivity index (χ0n) is 11.1. The lowest BCUT2D eigenvalue weighted by atomic mass is 9.75. The van der Waals surface area contributed by atoms with E-state index in [0.717, 1.165) is 36.9 Å². The Balaban J connectivity index is 1.83. The van der Waals surface area contributed by atoms with E-state index in [9.17, 15) is 4.79 Å². The van der Waals surface area contributed by atoms with Crippen LogP contribution < -0.4 is 4.90 Å². The fourth-order valence-corrected chi connectivity index (χ4v) is 3.95. The lowest BCUT2D eigenvalue weighted by Crippen LogP contribution is -2.42. The molecule has 1 saturated carbocycles. The summed E-state index contributed by atoms with van der Waals surface area (Å²) in [6.07, 6.45) is 7.66. The van der Waals surface area contributed by atoms with E-state index < -0.39 is 0 Å². The highest BCUT2D eigenvalue weighted by molar-refractivity contribution is 6.33. The molecule has 1 aromatic rings. The fourth-order valence-electron chi connectivity index (χ4n) is 3.74. The molecule has 2 aliphatic rings. The average Bonchev–Trinajstić information content (AvgIpc) is 2.46. The molecule has 19 heavy (non-hydrogen) atoms. The van der Waals surface area contributed by atoms with Gasteiger partial charge in [0.2, 0.25) is 0 Å². The molecule has 2 nitrogen and oxygen atoms in total. The zero-order valence-corrected chi connectivity index (χ0v) is 11.9. The van der Waals surface area contributed by atoms with Crippen LogP contribution in [-0.4, -0.2) is 19.4 Å². The molecule has 0 aromatic heterocycles. The van der Waals surface area contributed by atoms with E-state index in [4.69, 9.17) is 11.6 Å². The van der Waals surface area contributed by atoms with Crippen molar-refractivity contribution in [2.75, 3.05) is 18.0 Å². The summed E-state index contributed by atoms with van der Waals surface area (Å²) in [6, 6.07) is 5.76. The molecule has 3 heteroatoms. The second-order valence-corrected chi connectivity index (χ2v) is 6.24. The van der Waals surface area contributed by atoms with Crippen molar-refractivity contribution in [1.29, 1.82) is 0 Å². The smallest absolute Gasteiger partial charge is 0.153 e. The maximum Gasteiger partial charge on any atom is 0.153 e. The van der Waals surface area contributed by atoms with Crippen molar-refractivity contribution < 1.29 is 4.79 Å². The van der Waals surface area contributed by atoms with Crippen LogP contribution in [0.5, 0.6) is 0 Å². The first-order chi connectivity index (χ1) is 9.29. The van der Waals surface area contributed by atoms with Crippen molar-refractivity contribution in [1.82, 2.24) is 0 Å². The Bertz CT molecular complexity index is 474. The minimum absolute atomic E-state index is 0.568. The summed E-state index contributed by atoms with van der Waals surface area (Å²) in [4.78, 5) is 13.6. The summed E-state index contributed by atoms with van der Waals surface area (Å²) in [5.74, 6) is 1.71. The molecule has 0 bridgehead atoms. The van der Waals surface area contributed by atoms with Gasteiger partial charge in [-0.25, -0.2) is 0 Å². The van der Waals surface area contributed by atoms with Gasteiger partial charge in [-0.2, -0.15) is 0 Å². The SMILES string of the molecule is O=Cc1c(Cl)cccc1N1CCC2CCCCC2C1. The fraction of sp³-hybridized carbons (Fsp3) is 0.562. The van der Waals surface area contributed by atoms with Crippen LogP contribution in [0.25, 0.3) is 0 Å². The number of benzene rings is 1. The largest absolute Gasteiger partial charge is 0.371 e. The number of carbonyl (C=O) groups is 1. The van der Waals surface area contributed by atoms with Crippen LogP contribution in [-0.2, 0) is 0 Å². The number of aldehydes is 1. The molecule has 2 atom stereocenters. The summed E-state index contributed by atoms with van der Waals surface area (Å²) in [5.41, 5.74) is 1.67. The Kier molecular flexibility index (Phi) is 3.79. The molecule has 2 fully saturated rings. The number of nitrogens with zero attached hydrogens (tertiary/aromatic N) is 1. The molecule has 3 rings (SSSR count). The van der Waals surface area contributed by atoms with E-state index >= 15 is 0 Å². The third kappa shape index (κ3) is 2.51. The Morgan fingerprint density at radius 1 is 1.16 bits per heavy atom. The number of rotatable bonds is 2. The van der Waals surface area contributed by atoms with Crippen molar-refractivity contribution in [3.63, 3.8) is 0 Å². The number of hydrogen-bond acceptors (Lipinski definition) is 2. The van der Waals surface area contributed by atoms with Crippen LogP contribution in [0.15, 0.2) is 18.2 Å². The molecule has 0 N–H and O–H groups in total. The first-order valence-corrected chi connectivity index (χ1v) is 7.66. The summed E-state index contributed by atoms with van der Waals surface area (Å²) >= 11 is 6.13. The summed E-state index contributed by atoms with van der Waals surface area (Å²) < 4.78 is 0. The molecule has 102 valence electrons. The monoisotopic (exact) mass is 277 g/mol. The summed E-state index contributed by atoms with van der Waals surface area (Å²) in [7, 11) is 0. The van der Waals surface area contributed by atoms with E-state index in [-0.39, 0.29) is 0 Å². The highest BCUT2D eigenvalue weighted by Gasteiger charge is 2.31. The minimum Gasteiger partial charge on any atom is -0.371 e. The minimum atomic E-state index is 0.568. The maximum absolute atomic E-state index is 11.3. The molecular weight excluding hydrogens is 258 g/mol. The van der Waals surface area contributed by atoms with Crippen LogP contribution in [0, 0.1) is 11.8 Å². The topological polar surface area (TPSA) is 20.3 Å². The molecule has 1 aromatic carbocycles. The van der Waals surface area contributed by atoms with Crippen molar-refractivity contribution in [3.05, 3.63) is 28.8 Å². The lowest BCUT2D eigenvalue weighted by molar-refractivity contribution is 0.112. The van der Waals surface area contributed by atoms with Gasteiger partial charge in [0.25, 0.3) is 0 Å². The molecule has 0 spiro atoms. The third-order valence-electron chi connectivity index (χ3n) is 4.78. The standard InChI is InChI=1S/C16H20ClNO/c17-15-6-3-7-16(14(15)11-19)18-9-8-12-4-1-2-5-13(12)10-18/h3,6-7,11-13H,1-2,4-5,8-10H2. The van der Waals surface area contributed by atoms with Gasteiger partial charge in [0.1, 0.15) is 0 Å². The van der Waals surface area contributed by atoms with E-state index in [1.165, 1.54) is 32.1 Å². The van der Waals surface area contributed by atoms with Gasteiger partial charge >= 0.3 is 0 Å². The van der Waals surface area contributed by atoms with Gasteiger partial charge in [-0.15, -0.1) is 0 Å². The van der Waals surface area contributed by atoms with E-state index in [1.54, 1.807) is 6.07 Å². The molecule has 0 radical (unpaired) electrons. The quantitative estimate of drug-likeness (QED) is 0.756. The number of piperidine rings is 1. The average molecular weight is 278 g/mol. The normalized spacial score (nSPS) is 26.9. The highest BCUT2D eigenvalue weighted by Crippen LogP contribution is 2.38. The first kappa shape index (κ1) is 13.0. The zero-order chi connectivity index (χ0) is 13.2. The van der Waals surface area contributed by atoms with Crippen LogP contribution in [0.3, 0.4) is 0 Å². The second kappa shape index (κ2) is 5.54. The molecule has 1 heterocycles. The third-order valence-corrected chi connectivity index (χ3v) is 5.11. The molecular formula is C16H20ClNO. The Morgan fingerprint density at radius 3 is 2.74 bits per heavy atom. The van der Waals surface area contributed by atoms with Gasteiger partial charge < -0.3 is 4.90 Å². The number of carbonyl (C=O) groups excluding carboxylic acids is 1. The number of fused-ring (bicyclic) bond motifs is 1. The molecule has 1 saturated heterocycles. The highest BCUT2D eigenvalue weighted by atomic mass is 35.5. The van der Waals surface area contributed by atoms with Gasteiger partial charge in [-0.3, -0.25) is 4.79 Å². The Morgan fingerprint density at radius 2 is 1.95 bits per heavy atom. The first-order valence-electron chi connectivity index (χ1n) is 7.28.